The normalized spacial score (nSPS) is 16.0. The molecule has 4 rings (SSSR count). The highest BCUT2D eigenvalue weighted by molar-refractivity contribution is 6.06. The molecule has 0 unspecified atom stereocenters. The van der Waals surface area contributed by atoms with Crippen molar-refractivity contribution in [1.82, 2.24) is 19.8 Å². The van der Waals surface area contributed by atoms with Gasteiger partial charge in [-0.3, -0.25) is 14.5 Å². The van der Waals surface area contributed by atoms with Crippen molar-refractivity contribution in [2.24, 2.45) is 0 Å². The van der Waals surface area contributed by atoms with Crippen LogP contribution in [0.25, 0.3) is 6.08 Å². The molecule has 8 nitrogen and oxygen atoms in total. The fourth-order valence-corrected chi connectivity index (χ4v) is 4.52. The van der Waals surface area contributed by atoms with Crippen molar-refractivity contribution in [2.45, 2.75) is 32.1 Å². The Bertz CT molecular complexity index is 1390. The van der Waals surface area contributed by atoms with Gasteiger partial charge in [0.1, 0.15) is 6.33 Å². The maximum absolute atomic E-state index is 14.0. The number of aryl methyl sites for hydroxylation is 1. The van der Waals surface area contributed by atoms with E-state index in [9.17, 15) is 22.8 Å². The molecule has 0 bridgehead atoms. The third-order valence-electron chi connectivity index (χ3n) is 6.81. The Hall–Kier alpha value is -4.09. The van der Waals surface area contributed by atoms with Gasteiger partial charge in [0.25, 0.3) is 5.91 Å². The highest BCUT2D eigenvalue weighted by Gasteiger charge is 2.35. The lowest BCUT2D eigenvalue weighted by Crippen LogP contribution is -2.31. The van der Waals surface area contributed by atoms with Gasteiger partial charge in [0.2, 0.25) is 5.91 Å². The molecule has 40 heavy (non-hydrogen) atoms. The maximum Gasteiger partial charge on any atom is 0.416 e. The van der Waals surface area contributed by atoms with E-state index < -0.39 is 23.6 Å². The van der Waals surface area contributed by atoms with E-state index in [1.165, 1.54) is 24.5 Å². The Kier molecular flexibility index (Phi) is 8.96. The lowest BCUT2D eigenvalue weighted by atomic mass is 10.0. The second-order valence-electron chi connectivity index (χ2n) is 9.99. The second kappa shape index (κ2) is 12.4. The van der Waals surface area contributed by atoms with Crippen molar-refractivity contribution in [3.63, 3.8) is 0 Å². The summed E-state index contributed by atoms with van der Waals surface area (Å²) in [5, 5.41) is 5.38. The smallest absolute Gasteiger partial charge is 0.322 e. The number of rotatable bonds is 8. The van der Waals surface area contributed by atoms with Crippen LogP contribution in [-0.4, -0.2) is 64.8 Å². The molecule has 1 atom stereocenters. The second-order valence-corrected chi connectivity index (χ2v) is 9.99. The summed E-state index contributed by atoms with van der Waals surface area (Å²) >= 11 is 0. The number of likely N-dealkylation sites (tertiary alicyclic amines) is 1. The Morgan fingerprint density at radius 1 is 1.10 bits per heavy atom. The number of hydrogen-bond acceptors (Lipinski definition) is 6. The summed E-state index contributed by atoms with van der Waals surface area (Å²) in [6.45, 7) is 3.35. The van der Waals surface area contributed by atoms with Gasteiger partial charge in [-0.25, -0.2) is 9.97 Å². The molecule has 1 aliphatic heterocycles. The van der Waals surface area contributed by atoms with Gasteiger partial charge < -0.3 is 15.5 Å². The van der Waals surface area contributed by atoms with Gasteiger partial charge in [-0.2, -0.15) is 13.2 Å². The van der Waals surface area contributed by atoms with E-state index in [0.717, 1.165) is 18.1 Å². The molecule has 2 aromatic carbocycles. The molecule has 0 spiro atoms. The Labute approximate surface area is 230 Å². The van der Waals surface area contributed by atoms with E-state index >= 15 is 0 Å². The van der Waals surface area contributed by atoms with Crippen LogP contribution in [-0.2, 0) is 17.5 Å². The summed E-state index contributed by atoms with van der Waals surface area (Å²) in [5.41, 5.74) is 1.38. The van der Waals surface area contributed by atoms with E-state index in [-0.39, 0.29) is 17.7 Å². The van der Waals surface area contributed by atoms with Crippen molar-refractivity contribution >= 4 is 29.3 Å². The summed E-state index contributed by atoms with van der Waals surface area (Å²) in [6.07, 6.45) is 3.67. The van der Waals surface area contributed by atoms with E-state index in [1.807, 2.05) is 19.0 Å². The van der Waals surface area contributed by atoms with Crippen LogP contribution in [0.4, 0.5) is 24.5 Å². The van der Waals surface area contributed by atoms with Gasteiger partial charge in [0.15, 0.2) is 0 Å². The monoisotopic (exact) mass is 552 g/mol. The number of hydrogen-bond donors (Lipinski definition) is 2. The first kappa shape index (κ1) is 28.9. The fraction of sp³-hybridized carbons (Fsp3) is 0.310. The minimum atomic E-state index is -4.60. The number of aromatic nitrogens is 2. The molecule has 2 heterocycles. The highest BCUT2D eigenvalue weighted by atomic mass is 19.4. The first-order chi connectivity index (χ1) is 19.0. The third kappa shape index (κ3) is 7.51. The number of nitrogens with one attached hydrogen (secondary N) is 2. The van der Waals surface area contributed by atoms with Crippen LogP contribution in [0.3, 0.4) is 0 Å². The van der Waals surface area contributed by atoms with Gasteiger partial charge in [0.05, 0.1) is 5.56 Å². The van der Waals surface area contributed by atoms with Crippen molar-refractivity contribution < 1.29 is 22.8 Å². The van der Waals surface area contributed by atoms with Gasteiger partial charge in [0, 0.05) is 66.6 Å². The number of halogens is 3. The summed E-state index contributed by atoms with van der Waals surface area (Å²) in [5.74, 6) is -1.09. The van der Waals surface area contributed by atoms with Crippen LogP contribution >= 0.6 is 0 Å². The predicted octanol–water partition coefficient (Wildman–Crippen LogP) is 4.84. The molecular weight excluding hydrogens is 521 g/mol. The SMILES string of the molecule is Cc1ccc(NC(=O)c2ccc(CN3CC[C@@H](N(C)C)C3)c(C(F)(F)F)c2)cc1NC(=O)C=Cc1cncnc1. The van der Waals surface area contributed by atoms with Crippen LogP contribution in [0.2, 0.25) is 0 Å². The van der Waals surface area contributed by atoms with Crippen molar-refractivity contribution in [3.8, 4) is 0 Å². The van der Waals surface area contributed by atoms with E-state index in [0.29, 0.717) is 36.1 Å². The zero-order valence-corrected chi connectivity index (χ0v) is 22.5. The van der Waals surface area contributed by atoms with Gasteiger partial charge >= 0.3 is 6.18 Å². The average molecular weight is 553 g/mol. The van der Waals surface area contributed by atoms with Crippen LogP contribution in [0.15, 0.2) is 61.2 Å². The molecule has 1 aliphatic rings. The number of nitrogens with zero attached hydrogens (tertiary/aromatic N) is 4. The quantitative estimate of drug-likeness (QED) is 0.389. The molecule has 2 amide bonds. The first-order valence-electron chi connectivity index (χ1n) is 12.7. The number of carbonyl (C=O) groups excluding carboxylic acids is 2. The fourth-order valence-electron chi connectivity index (χ4n) is 4.52. The first-order valence-corrected chi connectivity index (χ1v) is 12.7. The minimum Gasteiger partial charge on any atom is -0.322 e. The standard InChI is InChI=1S/C29H31F3N6O2/c1-19-4-8-23(13-26(19)36-27(39)9-5-20-14-33-18-34-15-20)35-28(40)21-6-7-22(25(12-21)29(30,31)32)16-38-11-10-24(17-38)37(2)3/h4-9,12-15,18,24H,10-11,16-17H2,1-3H3,(H,35,40)(H,36,39)/t24-/m1/s1. The molecular formula is C29H31F3N6O2. The minimum absolute atomic E-state index is 0.108. The van der Waals surface area contributed by atoms with Gasteiger partial charge in [-0.05, 0) is 68.9 Å². The number of benzene rings is 2. The molecule has 1 saturated heterocycles. The number of anilines is 2. The lowest BCUT2D eigenvalue weighted by molar-refractivity contribution is -0.138. The number of likely N-dealkylation sites (N-methyl/N-ethyl adjacent to an activating group) is 1. The van der Waals surface area contributed by atoms with Gasteiger partial charge in [-0.1, -0.05) is 12.1 Å². The zero-order chi connectivity index (χ0) is 28.9. The molecule has 2 N–H and O–H groups in total. The van der Waals surface area contributed by atoms with Crippen molar-refractivity contribution in [3.05, 3.63) is 89.0 Å². The molecule has 1 aromatic heterocycles. The predicted molar refractivity (Wildman–Crippen MR) is 148 cm³/mol. The van der Waals surface area contributed by atoms with Crippen molar-refractivity contribution in [2.75, 3.05) is 37.8 Å². The molecule has 11 heteroatoms. The largest absolute Gasteiger partial charge is 0.416 e. The topological polar surface area (TPSA) is 90.5 Å². The summed E-state index contributed by atoms with van der Waals surface area (Å²) in [4.78, 5) is 37.2. The van der Waals surface area contributed by atoms with Crippen LogP contribution < -0.4 is 10.6 Å². The average Bonchev–Trinajstić information content (AvgIpc) is 3.38. The number of carbonyl (C=O) groups is 2. The number of amides is 2. The van der Waals surface area contributed by atoms with E-state index in [4.69, 9.17) is 0 Å². The van der Waals surface area contributed by atoms with E-state index in [1.54, 1.807) is 43.6 Å². The maximum atomic E-state index is 14.0. The van der Waals surface area contributed by atoms with Crippen LogP contribution in [0.1, 0.15) is 39.0 Å². The molecule has 1 fully saturated rings. The summed E-state index contributed by atoms with van der Waals surface area (Å²) in [7, 11) is 3.93. The Morgan fingerprint density at radius 2 is 1.85 bits per heavy atom. The van der Waals surface area contributed by atoms with Crippen LogP contribution in [0, 0.1) is 6.92 Å². The summed E-state index contributed by atoms with van der Waals surface area (Å²) < 4.78 is 41.9. The summed E-state index contributed by atoms with van der Waals surface area (Å²) in [6, 6.07) is 8.87. The molecule has 0 saturated carbocycles. The van der Waals surface area contributed by atoms with E-state index in [2.05, 4.69) is 25.5 Å². The Balaban J connectivity index is 1.46. The Morgan fingerprint density at radius 3 is 2.52 bits per heavy atom. The molecule has 0 radical (unpaired) electrons. The number of alkyl halides is 3. The molecule has 210 valence electrons. The van der Waals surface area contributed by atoms with Crippen molar-refractivity contribution in [1.29, 1.82) is 0 Å². The lowest BCUT2D eigenvalue weighted by Gasteiger charge is -2.22. The highest BCUT2D eigenvalue weighted by Crippen LogP contribution is 2.34. The van der Waals surface area contributed by atoms with Gasteiger partial charge in [-0.15, -0.1) is 0 Å². The zero-order valence-electron chi connectivity index (χ0n) is 22.5. The molecule has 3 aromatic rings. The third-order valence-corrected chi connectivity index (χ3v) is 6.81. The molecule has 0 aliphatic carbocycles. The van der Waals surface area contributed by atoms with Crippen LogP contribution in [0.5, 0.6) is 0 Å².